The Morgan fingerprint density at radius 2 is 2.00 bits per heavy atom. The standard InChI is InChI=1S/C18H18N2O2S/c1-12-6-8-14(9-7-12)17-19-15(11-23-17)18(21)20(3)13(2)16-5-4-10-22-16/h4-11,13H,1-3H3. The van der Waals surface area contributed by atoms with Crippen molar-refractivity contribution in [3.63, 3.8) is 0 Å². The first-order chi connectivity index (χ1) is 11.1. The van der Waals surface area contributed by atoms with Gasteiger partial charge >= 0.3 is 0 Å². The molecule has 1 atom stereocenters. The average molecular weight is 326 g/mol. The van der Waals surface area contributed by atoms with Crippen LogP contribution in [0.2, 0.25) is 0 Å². The Labute approximate surface area is 139 Å². The molecule has 0 spiro atoms. The van der Waals surface area contributed by atoms with E-state index in [2.05, 4.69) is 4.98 Å². The maximum absolute atomic E-state index is 12.6. The first-order valence-corrected chi connectivity index (χ1v) is 8.27. The molecule has 0 aliphatic rings. The van der Waals surface area contributed by atoms with Crippen LogP contribution in [0.1, 0.15) is 34.8 Å². The van der Waals surface area contributed by atoms with Crippen molar-refractivity contribution in [3.05, 3.63) is 65.1 Å². The van der Waals surface area contributed by atoms with Gasteiger partial charge in [-0.15, -0.1) is 11.3 Å². The lowest BCUT2D eigenvalue weighted by Gasteiger charge is -2.22. The van der Waals surface area contributed by atoms with Crippen LogP contribution < -0.4 is 0 Å². The Hall–Kier alpha value is -2.40. The molecule has 2 aromatic heterocycles. The van der Waals surface area contributed by atoms with Gasteiger partial charge in [-0.3, -0.25) is 4.79 Å². The lowest BCUT2D eigenvalue weighted by atomic mass is 10.2. The van der Waals surface area contributed by atoms with Crippen LogP contribution in [0, 0.1) is 6.92 Å². The number of hydrogen-bond acceptors (Lipinski definition) is 4. The molecule has 3 aromatic rings. The van der Waals surface area contributed by atoms with Crippen LogP contribution >= 0.6 is 11.3 Å². The van der Waals surface area contributed by atoms with Gasteiger partial charge in [-0.05, 0) is 26.0 Å². The molecule has 118 valence electrons. The topological polar surface area (TPSA) is 46.3 Å². The fourth-order valence-electron chi connectivity index (χ4n) is 2.28. The Kier molecular flexibility index (Phi) is 4.30. The molecule has 23 heavy (non-hydrogen) atoms. The lowest BCUT2D eigenvalue weighted by molar-refractivity contribution is 0.0721. The maximum Gasteiger partial charge on any atom is 0.273 e. The summed E-state index contributed by atoms with van der Waals surface area (Å²) in [6.07, 6.45) is 1.61. The van der Waals surface area contributed by atoms with Crippen LogP contribution in [0.4, 0.5) is 0 Å². The molecule has 1 unspecified atom stereocenters. The lowest BCUT2D eigenvalue weighted by Crippen LogP contribution is -2.29. The molecule has 0 saturated heterocycles. The van der Waals surface area contributed by atoms with E-state index in [1.54, 1.807) is 18.2 Å². The van der Waals surface area contributed by atoms with E-state index in [4.69, 9.17) is 4.42 Å². The van der Waals surface area contributed by atoms with Crippen molar-refractivity contribution in [2.75, 3.05) is 7.05 Å². The van der Waals surface area contributed by atoms with Crippen molar-refractivity contribution in [3.8, 4) is 10.6 Å². The molecule has 0 N–H and O–H groups in total. The monoisotopic (exact) mass is 326 g/mol. The minimum absolute atomic E-state index is 0.108. The smallest absolute Gasteiger partial charge is 0.273 e. The highest BCUT2D eigenvalue weighted by molar-refractivity contribution is 7.13. The van der Waals surface area contributed by atoms with Crippen molar-refractivity contribution < 1.29 is 9.21 Å². The fraction of sp³-hybridized carbons (Fsp3) is 0.222. The predicted octanol–water partition coefficient (Wildman–Crippen LogP) is 4.54. The summed E-state index contributed by atoms with van der Waals surface area (Å²) in [7, 11) is 1.76. The quantitative estimate of drug-likeness (QED) is 0.707. The third kappa shape index (κ3) is 3.19. The van der Waals surface area contributed by atoms with Crippen LogP contribution in [0.5, 0.6) is 0 Å². The van der Waals surface area contributed by atoms with Crippen molar-refractivity contribution in [1.29, 1.82) is 0 Å². The van der Waals surface area contributed by atoms with Crippen molar-refractivity contribution in [2.24, 2.45) is 0 Å². The molecule has 2 heterocycles. The number of nitrogens with zero attached hydrogens (tertiary/aromatic N) is 2. The molecule has 3 rings (SSSR count). The summed E-state index contributed by atoms with van der Waals surface area (Å²) in [5.41, 5.74) is 2.70. The molecule has 0 aliphatic heterocycles. The zero-order valence-electron chi connectivity index (χ0n) is 13.3. The Morgan fingerprint density at radius 1 is 1.26 bits per heavy atom. The third-order valence-electron chi connectivity index (χ3n) is 3.88. The second kappa shape index (κ2) is 6.38. The number of thiazole rings is 1. The first-order valence-electron chi connectivity index (χ1n) is 7.39. The number of aryl methyl sites for hydroxylation is 1. The number of carbonyl (C=O) groups excluding carboxylic acids is 1. The summed E-state index contributed by atoms with van der Waals surface area (Å²) in [5, 5.41) is 2.66. The zero-order valence-corrected chi connectivity index (χ0v) is 14.1. The molecular formula is C18H18N2O2S. The number of carbonyl (C=O) groups is 1. The van der Waals surface area contributed by atoms with E-state index in [9.17, 15) is 4.79 Å². The van der Waals surface area contributed by atoms with Gasteiger partial charge < -0.3 is 9.32 Å². The minimum atomic E-state index is -0.137. The zero-order chi connectivity index (χ0) is 16.4. The van der Waals surface area contributed by atoms with Crippen LogP contribution in [-0.2, 0) is 0 Å². The number of rotatable bonds is 4. The summed E-state index contributed by atoms with van der Waals surface area (Å²) in [6, 6.07) is 11.7. The van der Waals surface area contributed by atoms with Gasteiger partial charge in [0.05, 0.1) is 12.3 Å². The van der Waals surface area contributed by atoms with E-state index in [1.807, 2.05) is 55.6 Å². The van der Waals surface area contributed by atoms with E-state index in [0.717, 1.165) is 16.3 Å². The van der Waals surface area contributed by atoms with Crippen LogP contribution in [-0.4, -0.2) is 22.8 Å². The summed E-state index contributed by atoms with van der Waals surface area (Å²) in [5.74, 6) is 0.651. The molecular weight excluding hydrogens is 308 g/mol. The number of aromatic nitrogens is 1. The van der Waals surface area contributed by atoms with E-state index in [1.165, 1.54) is 16.9 Å². The SMILES string of the molecule is Cc1ccc(-c2nc(C(=O)N(C)C(C)c3ccco3)cs2)cc1. The summed E-state index contributed by atoms with van der Waals surface area (Å²) in [6.45, 7) is 3.98. The second-order valence-corrected chi connectivity index (χ2v) is 6.37. The van der Waals surface area contributed by atoms with Gasteiger partial charge in [-0.1, -0.05) is 29.8 Å². The second-order valence-electron chi connectivity index (χ2n) is 5.51. The highest BCUT2D eigenvalue weighted by Gasteiger charge is 2.22. The minimum Gasteiger partial charge on any atom is -0.467 e. The van der Waals surface area contributed by atoms with Crippen molar-refractivity contribution >= 4 is 17.2 Å². The number of benzene rings is 1. The van der Waals surface area contributed by atoms with Gasteiger partial charge in [0.15, 0.2) is 0 Å². The highest BCUT2D eigenvalue weighted by Crippen LogP contribution is 2.26. The van der Waals surface area contributed by atoms with Gasteiger partial charge in [-0.25, -0.2) is 4.98 Å². The molecule has 0 aliphatic carbocycles. The highest BCUT2D eigenvalue weighted by atomic mass is 32.1. The van der Waals surface area contributed by atoms with Crippen molar-refractivity contribution in [2.45, 2.75) is 19.9 Å². The van der Waals surface area contributed by atoms with E-state index >= 15 is 0 Å². The number of furan rings is 1. The molecule has 0 radical (unpaired) electrons. The number of amides is 1. The average Bonchev–Trinajstić information content (AvgIpc) is 3.25. The summed E-state index contributed by atoms with van der Waals surface area (Å²) in [4.78, 5) is 18.7. The molecule has 1 amide bonds. The van der Waals surface area contributed by atoms with Crippen LogP contribution in [0.25, 0.3) is 10.6 Å². The third-order valence-corrected chi connectivity index (χ3v) is 4.77. The Bertz CT molecular complexity index is 791. The van der Waals surface area contributed by atoms with Crippen molar-refractivity contribution in [1.82, 2.24) is 9.88 Å². The van der Waals surface area contributed by atoms with E-state index < -0.39 is 0 Å². The molecule has 0 fully saturated rings. The van der Waals surface area contributed by atoms with Gasteiger partial charge in [0.1, 0.15) is 16.5 Å². The summed E-state index contributed by atoms with van der Waals surface area (Å²) >= 11 is 1.48. The fourth-order valence-corrected chi connectivity index (χ4v) is 3.08. The molecule has 0 saturated carbocycles. The largest absolute Gasteiger partial charge is 0.467 e. The number of hydrogen-bond donors (Lipinski definition) is 0. The van der Waals surface area contributed by atoms with Gasteiger partial charge in [0.25, 0.3) is 5.91 Å². The summed E-state index contributed by atoms with van der Waals surface area (Å²) < 4.78 is 5.38. The predicted molar refractivity (Wildman–Crippen MR) is 91.5 cm³/mol. The normalized spacial score (nSPS) is 12.1. The van der Waals surface area contributed by atoms with Crippen LogP contribution in [0.3, 0.4) is 0 Å². The Balaban J connectivity index is 1.79. The molecule has 5 heteroatoms. The Morgan fingerprint density at radius 3 is 2.65 bits per heavy atom. The van der Waals surface area contributed by atoms with Gasteiger partial charge in [0.2, 0.25) is 0 Å². The first kappa shape index (κ1) is 15.5. The molecule has 4 nitrogen and oxygen atoms in total. The van der Waals surface area contributed by atoms with E-state index in [-0.39, 0.29) is 11.9 Å². The van der Waals surface area contributed by atoms with Crippen LogP contribution in [0.15, 0.2) is 52.5 Å². The van der Waals surface area contributed by atoms with E-state index in [0.29, 0.717) is 5.69 Å². The molecule has 0 bridgehead atoms. The maximum atomic E-state index is 12.6. The van der Waals surface area contributed by atoms with Gasteiger partial charge in [-0.2, -0.15) is 0 Å². The van der Waals surface area contributed by atoms with Gasteiger partial charge in [0, 0.05) is 18.0 Å². The molecule has 1 aromatic carbocycles.